The molecule has 3 aromatic rings. The first-order chi connectivity index (χ1) is 9.20. The Morgan fingerprint density at radius 2 is 1.53 bits per heavy atom. The fourth-order valence-electron chi connectivity index (χ4n) is 2.22. The highest BCUT2D eigenvalue weighted by Crippen LogP contribution is 2.18. The molecular weight excluding hydrogens is 230 g/mol. The van der Waals surface area contributed by atoms with Crippen LogP contribution in [0.15, 0.2) is 48.5 Å². The maximum atomic E-state index is 3.43. The summed E-state index contributed by atoms with van der Waals surface area (Å²) in [5, 5.41) is 1.26. The minimum Gasteiger partial charge on any atom is -0.355 e. The quantitative estimate of drug-likeness (QED) is 0.659. The van der Waals surface area contributed by atoms with Gasteiger partial charge in [0.05, 0.1) is 0 Å². The van der Waals surface area contributed by atoms with Crippen LogP contribution >= 0.6 is 0 Å². The van der Waals surface area contributed by atoms with Crippen molar-refractivity contribution >= 4 is 23.1 Å². The Morgan fingerprint density at radius 3 is 2.32 bits per heavy atom. The highest BCUT2D eigenvalue weighted by molar-refractivity contribution is 5.84. The molecule has 0 spiro atoms. The van der Waals surface area contributed by atoms with Gasteiger partial charge in [0, 0.05) is 11.2 Å². The van der Waals surface area contributed by atoms with E-state index in [0.29, 0.717) is 0 Å². The summed E-state index contributed by atoms with van der Waals surface area (Å²) in [6.07, 6.45) is 4.26. The maximum absolute atomic E-state index is 3.43. The summed E-state index contributed by atoms with van der Waals surface area (Å²) < 4.78 is 0. The highest BCUT2D eigenvalue weighted by Gasteiger charge is 1.98. The van der Waals surface area contributed by atoms with Crippen LogP contribution in [-0.4, -0.2) is 4.98 Å². The van der Waals surface area contributed by atoms with Crippen molar-refractivity contribution < 1.29 is 0 Å². The second-order valence-electron chi connectivity index (χ2n) is 5.06. The lowest BCUT2D eigenvalue weighted by Gasteiger charge is -1.94. The molecule has 1 aromatic heterocycles. The van der Waals surface area contributed by atoms with E-state index in [1.165, 1.54) is 27.6 Å². The highest BCUT2D eigenvalue weighted by atomic mass is 14.7. The number of benzene rings is 2. The van der Waals surface area contributed by atoms with Crippen LogP contribution in [0.5, 0.6) is 0 Å². The summed E-state index contributed by atoms with van der Waals surface area (Å²) >= 11 is 0. The molecule has 3 rings (SSSR count). The van der Waals surface area contributed by atoms with Crippen molar-refractivity contribution in [2.75, 3.05) is 0 Å². The average molecular weight is 247 g/mol. The number of aromatic nitrogens is 1. The van der Waals surface area contributed by atoms with Gasteiger partial charge in [-0.15, -0.1) is 0 Å². The summed E-state index contributed by atoms with van der Waals surface area (Å²) in [5.74, 6) is 0. The van der Waals surface area contributed by atoms with Crippen molar-refractivity contribution in [2.24, 2.45) is 0 Å². The van der Waals surface area contributed by atoms with Crippen LogP contribution in [0.4, 0.5) is 0 Å². The predicted octanol–water partition coefficient (Wildman–Crippen LogP) is 4.96. The lowest BCUT2D eigenvalue weighted by molar-refractivity contribution is 1.41. The molecule has 1 heteroatoms. The zero-order valence-electron chi connectivity index (χ0n) is 11.3. The zero-order valence-corrected chi connectivity index (χ0v) is 11.3. The standard InChI is InChI=1S/C18H17N/c1-13-3-6-15(7-4-13)8-10-17-12-16-9-5-14(2)11-18(16)19-17/h3-12,19H,1-2H3. The molecule has 0 unspecified atom stereocenters. The average Bonchev–Trinajstić information content (AvgIpc) is 2.80. The number of rotatable bonds is 2. The molecule has 0 radical (unpaired) electrons. The number of hydrogen-bond acceptors (Lipinski definition) is 0. The Bertz CT molecular complexity index is 730. The van der Waals surface area contributed by atoms with Gasteiger partial charge >= 0.3 is 0 Å². The van der Waals surface area contributed by atoms with Gasteiger partial charge in [0.2, 0.25) is 0 Å². The second kappa shape index (κ2) is 4.77. The molecule has 0 aliphatic heterocycles. The number of nitrogens with one attached hydrogen (secondary N) is 1. The predicted molar refractivity (Wildman–Crippen MR) is 83.1 cm³/mol. The summed E-state index contributed by atoms with van der Waals surface area (Å²) in [5.41, 5.74) is 6.13. The van der Waals surface area contributed by atoms with Gasteiger partial charge in [0.25, 0.3) is 0 Å². The largest absolute Gasteiger partial charge is 0.355 e. The Labute approximate surface area is 113 Å². The van der Waals surface area contributed by atoms with Gasteiger partial charge in [0.1, 0.15) is 0 Å². The Morgan fingerprint density at radius 1 is 0.789 bits per heavy atom. The van der Waals surface area contributed by atoms with Crippen LogP contribution in [0.2, 0.25) is 0 Å². The van der Waals surface area contributed by atoms with Crippen molar-refractivity contribution in [1.29, 1.82) is 0 Å². The fourth-order valence-corrected chi connectivity index (χ4v) is 2.22. The third-order valence-corrected chi connectivity index (χ3v) is 3.33. The smallest absolute Gasteiger partial charge is 0.0461 e. The van der Waals surface area contributed by atoms with Gasteiger partial charge in [-0.05, 0) is 48.6 Å². The Hall–Kier alpha value is -2.28. The van der Waals surface area contributed by atoms with Crippen LogP contribution in [0.25, 0.3) is 23.1 Å². The molecule has 1 heterocycles. The number of aryl methyl sites for hydroxylation is 2. The minimum atomic E-state index is 1.14. The molecule has 0 saturated carbocycles. The normalized spacial score (nSPS) is 11.5. The number of H-pyrrole nitrogens is 1. The van der Waals surface area contributed by atoms with E-state index in [9.17, 15) is 0 Å². The molecular formula is C18H17N. The van der Waals surface area contributed by atoms with Gasteiger partial charge in [-0.2, -0.15) is 0 Å². The van der Waals surface area contributed by atoms with Crippen LogP contribution in [0.1, 0.15) is 22.4 Å². The van der Waals surface area contributed by atoms with Gasteiger partial charge in [-0.3, -0.25) is 0 Å². The molecule has 0 aliphatic rings. The van der Waals surface area contributed by atoms with Gasteiger partial charge in [-0.1, -0.05) is 48.0 Å². The van der Waals surface area contributed by atoms with E-state index in [4.69, 9.17) is 0 Å². The monoisotopic (exact) mass is 247 g/mol. The molecule has 0 amide bonds. The van der Waals surface area contributed by atoms with Crippen LogP contribution in [0, 0.1) is 13.8 Å². The Balaban J connectivity index is 1.90. The molecule has 94 valence electrons. The molecule has 0 aliphatic carbocycles. The molecule has 1 nitrogen and oxygen atoms in total. The van der Waals surface area contributed by atoms with Crippen molar-refractivity contribution in [3.8, 4) is 0 Å². The van der Waals surface area contributed by atoms with E-state index in [2.05, 4.69) is 79.5 Å². The van der Waals surface area contributed by atoms with Gasteiger partial charge in [-0.25, -0.2) is 0 Å². The summed E-state index contributed by atoms with van der Waals surface area (Å²) in [4.78, 5) is 3.43. The molecule has 0 saturated heterocycles. The maximum Gasteiger partial charge on any atom is 0.0461 e. The molecule has 0 bridgehead atoms. The van der Waals surface area contributed by atoms with E-state index >= 15 is 0 Å². The number of aromatic amines is 1. The topological polar surface area (TPSA) is 15.8 Å². The van der Waals surface area contributed by atoms with E-state index in [1.807, 2.05) is 0 Å². The summed E-state index contributed by atoms with van der Waals surface area (Å²) in [6, 6.07) is 17.2. The van der Waals surface area contributed by atoms with Crippen LogP contribution in [0.3, 0.4) is 0 Å². The number of hydrogen-bond donors (Lipinski definition) is 1. The summed E-state index contributed by atoms with van der Waals surface area (Å²) in [6.45, 7) is 4.22. The molecule has 2 aromatic carbocycles. The third-order valence-electron chi connectivity index (χ3n) is 3.33. The minimum absolute atomic E-state index is 1.14. The molecule has 1 N–H and O–H groups in total. The van der Waals surface area contributed by atoms with Crippen molar-refractivity contribution in [2.45, 2.75) is 13.8 Å². The Kier molecular flexibility index (Phi) is 2.96. The van der Waals surface area contributed by atoms with E-state index in [-0.39, 0.29) is 0 Å². The molecule has 19 heavy (non-hydrogen) atoms. The lowest BCUT2D eigenvalue weighted by Crippen LogP contribution is -1.74. The van der Waals surface area contributed by atoms with Crippen LogP contribution in [-0.2, 0) is 0 Å². The zero-order chi connectivity index (χ0) is 13.2. The third kappa shape index (κ3) is 2.60. The lowest BCUT2D eigenvalue weighted by atomic mass is 10.1. The van der Waals surface area contributed by atoms with Crippen molar-refractivity contribution in [3.05, 3.63) is 70.9 Å². The van der Waals surface area contributed by atoms with Crippen LogP contribution < -0.4 is 0 Å². The first kappa shape index (κ1) is 11.8. The SMILES string of the molecule is Cc1ccc(C=Cc2cc3ccc(C)cc3[nH]2)cc1. The first-order valence-corrected chi connectivity index (χ1v) is 6.55. The van der Waals surface area contributed by atoms with E-state index in [1.54, 1.807) is 0 Å². The van der Waals surface area contributed by atoms with Gasteiger partial charge in [0.15, 0.2) is 0 Å². The molecule has 0 atom stereocenters. The van der Waals surface area contributed by atoms with Crippen molar-refractivity contribution in [3.63, 3.8) is 0 Å². The number of fused-ring (bicyclic) bond motifs is 1. The second-order valence-corrected chi connectivity index (χ2v) is 5.06. The summed E-state index contributed by atoms with van der Waals surface area (Å²) in [7, 11) is 0. The molecule has 0 fully saturated rings. The first-order valence-electron chi connectivity index (χ1n) is 6.55. The fraction of sp³-hybridized carbons (Fsp3) is 0.111. The van der Waals surface area contributed by atoms with E-state index < -0.39 is 0 Å². The van der Waals surface area contributed by atoms with E-state index in [0.717, 1.165) is 5.69 Å². The van der Waals surface area contributed by atoms with Gasteiger partial charge < -0.3 is 4.98 Å². The van der Waals surface area contributed by atoms with Crippen molar-refractivity contribution in [1.82, 2.24) is 4.98 Å².